The van der Waals surface area contributed by atoms with E-state index in [0.717, 1.165) is 0 Å². The average molecular weight is 209 g/mol. The van der Waals surface area contributed by atoms with Crippen LogP contribution < -0.4 is 4.90 Å². The highest BCUT2D eigenvalue weighted by Crippen LogP contribution is 2.24. The van der Waals surface area contributed by atoms with Gasteiger partial charge < -0.3 is 14.9 Å². The highest BCUT2D eigenvalue weighted by molar-refractivity contribution is 5.89. The Balaban J connectivity index is 2.21. The third kappa shape index (κ3) is 1.87. The number of cyclic esters (lactones) is 1. The number of aromatic hydroxyl groups is 1. The molecular weight excluding hydrogens is 198 g/mol. The lowest BCUT2D eigenvalue weighted by molar-refractivity contribution is 0.0963. The molecule has 0 saturated carbocycles. The van der Waals surface area contributed by atoms with E-state index in [4.69, 9.17) is 9.84 Å². The number of anilines is 1. The van der Waals surface area contributed by atoms with Crippen molar-refractivity contribution in [3.63, 3.8) is 0 Å². The van der Waals surface area contributed by atoms with E-state index in [1.165, 1.54) is 17.0 Å². The van der Waals surface area contributed by atoms with Gasteiger partial charge in [0.25, 0.3) is 0 Å². The molecule has 0 aromatic heterocycles. The van der Waals surface area contributed by atoms with E-state index in [-0.39, 0.29) is 12.4 Å². The summed E-state index contributed by atoms with van der Waals surface area (Å²) in [6, 6.07) is 6.33. The first kappa shape index (κ1) is 9.79. The predicted octanol–water partition coefficient (Wildman–Crippen LogP) is 0.710. The van der Waals surface area contributed by atoms with E-state index in [9.17, 15) is 9.90 Å². The van der Waals surface area contributed by atoms with E-state index < -0.39 is 12.2 Å². The molecule has 2 rings (SSSR count). The number of phenolic OH excluding ortho intramolecular Hbond substituents is 1. The second-order valence-corrected chi connectivity index (χ2v) is 3.32. The number of rotatable bonds is 2. The molecule has 1 atom stereocenters. The lowest BCUT2D eigenvalue weighted by atomic mass is 10.2. The smallest absolute Gasteiger partial charge is 0.414 e. The van der Waals surface area contributed by atoms with Crippen molar-refractivity contribution in [2.45, 2.75) is 6.10 Å². The van der Waals surface area contributed by atoms with Crippen molar-refractivity contribution in [3.8, 4) is 5.75 Å². The Labute approximate surface area is 86.5 Å². The van der Waals surface area contributed by atoms with Crippen LogP contribution in [0.2, 0.25) is 0 Å². The molecule has 0 bridgehead atoms. The summed E-state index contributed by atoms with van der Waals surface area (Å²) in [6.07, 6.45) is -0.987. The number of carbonyl (C=O) groups excluding carboxylic acids is 1. The van der Waals surface area contributed by atoms with Crippen LogP contribution in [0, 0.1) is 0 Å². The Morgan fingerprint density at radius 1 is 1.53 bits per heavy atom. The maximum absolute atomic E-state index is 11.4. The molecule has 2 N–H and O–H groups in total. The normalized spacial score (nSPS) is 20.5. The van der Waals surface area contributed by atoms with Crippen LogP contribution in [0.4, 0.5) is 10.5 Å². The number of hydrogen-bond donors (Lipinski definition) is 2. The number of nitrogens with zero attached hydrogens (tertiary/aromatic N) is 1. The molecule has 1 amide bonds. The maximum Gasteiger partial charge on any atom is 0.414 e. The molecule has 1 aromatic rings. The Hall–Kier alpha value is -1.75. The van der Waals surface area contributed by atoms with E-state index in [1.807, 2.05) is 0 Å². The van der Waals surface area contributed by atoms with Gasteiger partial charge in [0.15, 0.2) is 0 Å². The van der Waals surface area contributed by atoms with Gasteiger partial charge in [-0.3, -0.25) is 4.90 Å². The number of hydrogen-bond acceptors (Lipinski definition) is 4. The van der Waals surface area contributed by atoms with Gasteiger partial charge in [-0.1, -0.05) is 6.07 Å². The number of phenols is 1. The Kier molecular flexibility index (Phi) is 2.47. The van der Waals surface area contributed by atoms with Crippen molar-refractivity contribution in [1.82, 2.24) is 0 Å². The third-order valence-corrected chi connectivity index (χ3v) is 2.22. The molecule has 0 spiro atoms. The molecule has 1 heterocycles. The molecule has 15 heavy (non-hydrogen) atoms. The highest BCUT2D eigenvalue weighted by Gasteiger charge is 2.31. The Morgan fingerprint density at radius 2 is 2.33 bits per heavy atom. The summed E-state index contributed by atoms with van der Waals surface area (Å²) in [6.45, 7) is 0.111. The fourth-order valence-electron chi connectivity index (χ4n) is 1.49. The van der Waals surface area contributed by atoms with Crippen molar-refractivity contribution >= 4 is 11.8 Å². The monoisotopic (exact) mass is 209 g/mol. The van der Waals surface area contributed by atoms with Gasteiger partial charge in [0.05, 0.1) is 18.8 Å². The zero-order chi connectivity index (χ0) is 10.8. The molecule has 1 aliphatic heterocycles. The SMILES string of the molecule is O=C1O[C@@H](CO)CN1c1cccc(O)c1. The van der Waals surface area contributed by atoms with Crippen molar-refractivity contribution in [3.05, 3.63) is 24.3 Å². The maximum atomic E-state index is 11.4. The van der Waals surface area contributed by atoms with Crippen molar-refractivity contribution in [1.29, 1.82) is 0 Å². The molecule has 1 saturated heterocycles. The first-order valence-electron chi connectivity index (χ1n) is 4.59. The van der Waals surface area contributed by atoms with Crippen LogP contribution in [0.5, 0.6) is 5.75 Å². The number of aliphatic hydroxyl groups is 1. The molecule has 80 valence electrons. The van der Waals surface area contributed by atoms with Crippen LogP contribution in [0.3, 0.4) is 0 Å². The summed E-state index contributed by atoms with van der Waals surface area (Å²) in [5, 5.41) is 18.1. The summed E-state index contributed by atoms with van der Waals surface area (Å²) in [5.74, 6) is 0.0905. The van der Waals surface area contributed by atoms with Crippen LogP contribution in [0.15, 0.2) is 24.3 Å². The summed E-state index contributed by atoms with van der Waals surface area (Å²) in [5.41, 5.74) is 0.566. The fourth-order valence-corrected chi connectivity index (χ4v) is 1.49. The minimum atomic E-state index is -0.500. The molecule has 0 aliphatic carbocycles. The van der Waals surface area contributed by atoms with Crippen LogP contribution in [0.1, 0.15) is 0 Å². The summed E-state index contributed by atoms with van der Waals surface area (Å²) < 4.78 is 4.87. The van der Waals surface area contributed by atoms with Gasteiger partial charge in [0.1, 0.15) is 11.9 Å². The van der Waals surface area contributed by atoms with Crippen molar-refractivity contribution in [2.75, 3.05) is 18.1 Å². The molecule has 5 nitrogen and oxygen atoms in total. The standard InChI is InChI=1S/C10H11NO4/c12-6-9-5-11(10(14)15-9)7-2-1-3-8(13)4-7/h1-4,9,12-13H,5-6H2/t9-/m1/s1. The number of carbonyl (C=O) groups is 1. The average Bonchev–Trinajstić information content (AvgIpc) is 2.60. The minimum Gasteiger partial charge on any atom is -0.508 e. The Bertz CT molecular complexity index is 379. The lowest BCUT2D eigenvalue weighted by Gasteiger charge is -2.12. The highest BCUT2D eigenvalue weighted by atomic mass is 16.6. The van der Waals surface area contributed by atoms with Crippen molar-refractivity contribution in [2.24, 2.45) is 0 Å². The van der Waals surface area contributed by atoms with Crippen molar-refractivity contribution < 1.29 is 19.7 Å². The molecule has 1 fully saturated rings. The molecular formula is C10H11NO4. The number of benzene rings is 1. The van der Waals surface area contributed by atoms with Crippen LogP contribution in [-0.4, -0.2) is 35.6 Å². The zero-order valence-corrected chi connectivity index (χ0v) is 7.96. The van der Waals surface area contributed by atoms with E-state index >= 15 is 0 Å². The van der Waals surface area contributed by atoms with Gasteiger partial charge in [0, 0.05) is 6.07 Å². The molecule has 0 radical (unpaired) electrons. The second-order valence-electron chi connectivity index (χ2n) is 3.32. The van der Waals surface area contributed by atoms with Gasteiger partial charge in [0.2, 0.25) is 0 Å². The van der Waals surface area contributed by atoms with Gasteiger partial charge in [-0.2, -0.15) is 0 Å². The molecule has 1 aliphatic rings. The summed E-state index contributed by atoms with van der Waals surface area (Å²) in [4.78, 5) is 12.7. The van der Waals surface area contributed by atoms with Gasteiger partial charge in [-0.15, -0.1) is 0 Å². The largest absolute Gasteiger partial charge is 0.508 e. The first-order chi connectivity index (χ1) is 7.20. The van der Waals surface area contributed by atoms with Crippen LogP contribution in [0.25, 0.3) is 0 Å². The van der Waals surface area contributed by atoms with E-state index in [2.05, 4.69) is 0 Å². The first-order valence-corrected chi connectivity index (χ1v) is 4.59. The topological polar surface area (TPSA) is 70.0 Å². The number of ether oxygens (including phenoxy) is 1. The van der Waals surface area contributed by atoms with Crippen LogP contribution >= 0.6 is 0 Å². The van der Waals surface area contributed by atoms with Crippen LogP contribution in [-0.2, 0) is 4.74 Å². The zero-order valence-electron chi connectivity index (χ0n) is 7.96. The Morgan fingerprint density at radius 3 is 2.93 bits per heavy atom. The number of amides is 1. The molecule has 1 aromatic carbocycles. The summed E-state index contributed by atoms with van der Waals surface area (Å²) in [7, 11) is 0. The number of aliphatic hydroxyl groups excluding tert-OH is 1. The van der Waals surface area contributed by atoms with Gasteiger partial charge >= 0.3 is 6.09 Å². The minimum absolute atomic E-state index is 0.0905. The van der Waals surface area contributed by atoms with Gasteiger partial charge in [-0.05, 0) is 12.1 Å². The fraction of sp³-hybridized carbons (Fsp3) is 0.300. The predicted molar refractivity (Wildman–Crippen MR) is 52.8 cm³/mol. The lowest BCUT2D eigenvalue weighted by Crippen LogP contribution is -2.25. The van der Waals surface area contributed by atoms with E-state index in [0.29, 0.717) is 12.2 Å². The van der Waals surface area contributed by atoms with Gasteiger partial charge in [-0.25, -0.2) is 4.79 Å². The van der Waals surface area contributed by atoms with E-state index in [1.54, 1.807) is 12.1 Å². The third-order valence-electron chi connectivity index (χ3n) is 2.22. The summed E-state index contributed by atoms with van der Waals surface area (Å²) >= 11 is 0. The molecule has 0 unspecified atom stereocenters. The second kappa shape index (κ2) is 3.78. The molecule has 5 heteroatoms. The quantitative estimate of drug-likeness (QED) is 0.752.